The molecular formula is C26H20FN3O6. The van der Waals surface area contributed by atoms with Gasteiger partial charge in [0.2, 0.25) is 0 Å². The van der Waals surface area contributed by atoms with Gasteiger partial charge in [-0.3, -0.25) is 19.7 Å². The minimum atomic E-state index is -0.964. The summed E-state index contributed by atoms with van der Waals surface area (Å²) in [5.41, 5.74) is 0.556. The second kappa shape index (κ2) is 10.5. The Morgan fingerprint density at radius 2 is 1.72 bits per heavy atom. The van der Waals surface area contributed by atoms with Crippen LogP contribution in [0.3, 0.4) is 0 Å². The highest BCUT2D eigenvalue weighted by atomic mass is 19.1. The maximum atomic E-state index is 13.3. The number of nitrogens with one attached hydrogen (secondary N) is 2. The van der Waals surface area contributed by atoms with Crippen LogP contribution in [0.5, 0.6) is 11.5 Å². The number of methoxy groups -OCH3 is 1. The average Bonchev–Trinajstić information content (AvgIpc) is 2.87. The zero-order valence-corrected chi connectivity index (χ0v) is 19.0. The van der Waals surface area contributed by atoms with E-state index < -0.39 is 29.6 Å². The Hall–Kier alpha value is -4.99. The van der Waals surface area contributed by atoms with Crippen molar-refractivity contribution in [2.75, 3.05) is 23.9 Å². The first-order valence-corrected chi connectivity index (χ1v) is 10.7. The minimum absolute atomic E-state index is 0.0806. The normalized spacial score (nSPS) is 14.4. The predicted octanol–water partition coefficient (Wildman–Crippen LogP) is 3.52. The molecule has 9 nitrogen and oxygen atoms in total. The van der Waals surface area contributed by atoms with E-state index in [0.717, 1.165) is 17.0 Å². The SMILES string of the molecule is COc1cccc(/C=C2\C(=O)NC(=O)N(c3ccc(F)cc3)C2=O)c1OCC(=O)Nc1ccccc1. The van der Waals surface area contributed by atoms with E-state index in [0.29, 0.717) is 5.69 Å². The second-order valence-corrected chi connectivity index (χ2v) is 7.52. The summed E-state index contributed by atoms with van der Waals surface area (Å²) in [6.07, 6.45) is 1.23. The van der Waals surface area contributed by atoms with Gasteiger partial charge in [0.05, 0.1) is 12.8 Å². The highest BCUT2D eigenvalue weighted by Crippen LogP contribution is 2.33. The Morgan fingerprint density at radius 3 is 2.42 bits per heavy atom. The van der Waals surface area contributed by atoms with Gasteiger partial charge in [-0.25, -0.2) is 14.1 Å². The average molecular weight is 489 g/mol. The summed E-state index contributed by atoms with van der Waals surface area (Å²) in [5, 5.41) is 4.79. The molecule has 3 aromatic rings. The number of rotatable bonds is 7. The van der Waals surface area contributed by atoms with Crippen LogP contribution in [-0.4, -0.2) is 37.5 Å². The Bertz CT molecular complexity index is 1360. The number of benzene rings is 3. The summed E-state index contributed by atoms with van der Waals surface area (Å²) in [4.78, 5) is 51.1. The number of ether oxygens (including phenoxy) is 2. The molecule has 2 N–H and O–H groups in total. The molecule has 5 amide bonds. The van der Waals surface area contributed by atoms with Crippen molar-refractivity contribution in [2.45, 2.75) is 0 Å². The second-order valence-electron chi connectivity index (χ2n) is 7.52. The summed E-state index contributed by atoms with van der Waals surface area (Å²) >= 11 is 0. The van der Waals surface area contributed by atoms with Gasteiger partial charge in [-0.2, -0.15) is 0 Å². The Labute approximate surface area is 205 Å². The molecule has 36 heavy (non-hydrogen) atoms. The molecule has 182 valence electrons. The molecule has 0 saturated carbocycles. The monoisotopic (exact) mass is 489 g/mol. The molecule has 0 aromatic heterocycles. The van der Waals surface area contributed by atoms with Crippen LogP contribution in [-0.2, 0) is 14.4 Å². The van der Waals surface area contributed by atoms with E-state index in [4.69, 9.17) is 9.47 Å². The first-order chi connectivity index (χ1) is 17.4. The predicted molar refractivity (Wildman–Crippen MR) is 129 cm³/mol. The van der Waals surface area contributed by atoms with Crippen LogP contribution in [0.4, 0.5) is 20.6 Å². The number of barbiturate groups is 1. The maximum absolute atomic E-state index is 13.3. The molecule has 3 aromatic carbocycles. The van der Waals surface area contributed by atoms with E-state index in [-0.39, 0.29) is 34.9 Å². The van der Waals surface area contributed by atoms with Crippen LogP contribution < -0.4 is 25.0 Å². The fourth-order valence-corrected chi connectivity index (χ4v) is 3.46. The van der Waals surface area contributed by atoms with Crippen molar-refractivity contribution in [2.24, 2.45) is 0 Å². The number of hydrogen-bond acceptors (Lipinski definition) is 6. The fraction of sp³-hybridized carbons (Fsp3) is 0.0769. The zero-order chi connectivity index (χ0) is 25.7. The number of amides is 5. The smallest absolute Gasteiger partial charge is 0.335 e. The Kier molecular flexibility index (Phi) is 7.05. The molecule has 4 rings (SSSR count). The van der Waals surface area contributed by atoms with Crippen molar-refractivity contribution >= 4 is 41.2 Å². The number of para-hydroxylation sites is 2. The molecule has 1 aliphatic rings. The molecule has 1 heterocycles. The molecule has 0 radical (unpaired) electrons. The summed E-state index contributed by atoms with van der Waals surface area (Å²) < 4.78 is 24.3. The van der Waals surface area contributed by atoms with E-state index in [1.54, 1.807) is 42.5 Å². The third-order valence-corrected chi connectivity index (χ3v) is 5.12. The lowest BCUT2D eigenvalue weighted by molar-refractivity contribution is -0.122. The van der Waals surface area contributed by atoms with Gasteiger partial charge >= 0.3 is 6.03 Å². The number of hydrogen-bond donors (Lipinski definition) is 2. The summed E-state index contributed by atoms with van der Waals surface area (Å²) in [6, 6.07) is 17.2. The van der Waals surface area contributed by atoms with E-state index in [1.807, 2.05) is 6.07 Å². The van der Waals surface area contributed by atoms with Gasteiger partial charge in [0.25, 0.3) is 17.7 Å². The van der Waals surface area contributed by atoms with Crippen LogP contribution >= 0.6 is 0 Å². The Balaban J connectivity index is 1.62. The van der Waals surface area contributed by atoms with E-state index in [1.165, 1.54) is 25.3 Å². The molecule has 0 atom stereocenters. The van der Waals surface area contributed by atoms with Crippen LogP contribution in [0.15, 0.2) is 78.4 Å². The molecule has 1 fully saturated rings. The number of urea groups is 1. The third-order valence-electron chi connectivity index (χ3n) is 5.12. The first kappa shape index (κ1) is 24.1. The van der Waals surface area contributed by atoms with Crippen molar-refractivity contribution in [3.63, 3.8) is 0 Å². The number of carbonyl (C=O) groups is 4. The topological polar surface area (TPSA) is 114 Å². The number of imide groups is 2. The molecule has 0 aliphatic carbocycles. The molecular weight excluding hydrogens is 469 g/mol. The molecule has 0 bridgehead atoms. The molecule has 1 saturated heterocycles. The third kappa shape index (κ3) is 5.22. The van der Waals surface area contributed by atoms with Gasteiger partial charge in [-0.15, -0.1) is 0 Å². The maximum Gasteiger partial charge on any atom is 0.335 e. The van der Waals surface area contributed by atoms with E-state index >= 15 is 0 Å². The number of anilines is 2. The lowest BCUT2D eigenvalue weighted by Gasteiger charge is -2.26. The van der Waals surface area contributed by atoms with Gasteiger partial charge in [0.1, 0.15) is 11.4 Å². The van der Waals surface area contributed by atoms with Crippen molar-refractivity contribution in [3.05, 3.63) is 89.8 Å². The highest BCUT2D eigenvalue weighted by molar-refractivity contribution is 6.39. The Morgan fingerprint density at radius 1 is 1.00 bits per heavy atom. The molecule has 0 unspecified atom stereocenters. The molecule has 1 aliphatic heterocycles. The number of carbonyl (C=O) groups excluding carboxylic acids is 4. The summed E-state index contributed by atoms with van der Waals surface area (Å²) in [7, 11) is 1.40. The van der Waals surface area contributed by atoms with Crippen molar-refractivity contribution in [1.29, 1.82) is 0 Å². The minimum Gasteiger partial charge on any atom is -0.493 e. The van der Waals surface area contributed by atoms with E-state index in [9.17, 15) is 23.6 Å². The number of halogens is 1. The van der Waals surface area contributed by atoms with Crippen LogP contribution in [0.1, 0.15) is 5.56 Å². The summed E-state index contributed by atoms with van der Waals surface area (Å²) in [6.45, 7) is -0.383. The van der Waals surface area contributed by atoms with Gasteiger partial charge in [0.15, 0.2) is 18.1 Å². The zero-order valence-electron chi connectivity index (χ0n) is 19.0. The standard InChI is InChI=1S/C26H20FN3O6/c1-35-21-9-5-6-16(23(21)36-15-22(31)28-18-7-3-2-4-8-18)14-20-24(32)29-26(34)30(25(20)33)19-12-10-17(27)11-13-19/h2-14H,15H2,1H3,(H,28,31)(H,29,32,34)/b20-14+. The van der Waals surface area contributed by atoms with Gasteiger partial charge < -0.3 is 14.8 Å². The summed E-state index contributed by atoms with van der Waals surface area (Å²) in [5.74, 6) is -2.45. The highest BCUT2D eigenvalue weighted by Gasteiger charge is 2.37. The molecule has 10 heteroatoms. The lowest BCUT2D eigenvalue weighted by atomic mass is 10.1. The van der Waals surface area contributed by atoms with Crippen LogP contribution in [0.2, 0.25) is 0 Å². The van der Waals surface area contributed by atoms with Gasteiger partial charge in [-0.1, -0.05) is 30.3 Å². The van der Waals surface area contributed by atoms with Crippen molar-refractivity contribution in [1.82, 2.24) is 5.32 Å². The van der Waals surface area contributed by atoms with Crippen molar-refractivity contribution in [3.8, 4) is 11.5 Å². The van der Waals surface area contributed by atoms with Crippen LogP contribution in [0.25, 0.3) is 6.08 Å². The fourth-order valence-electron chi connectivity index (χ4n) is 3.46. The van der Waals surface area contributed by atoms with Crippen LogP contribution in [0, 0.1) is 5.82 Å². The quantitative estimate of drug-likeness (QED) is 0.388. The van der Waals surface area contributed by atoms with Gasteiger partial charge in [0, 0.05) is 11.3 Å². The number of nitrogens with zero attached hydrogens (tertiary/aromatic N) is 1. The van der Waals surface area contributed by atoms with E-state index in [2.05, 4.69) is 10.6 Å². The largest absolute Gasteiger partial charge is 0.493 e. The van der Waals surface area contributed by atoms with Crippen molar-refractivity contribution < 1.29 is 33.0 Å². The van der Waals surface area contributed by atoms with Gasteiger partial charge in [-0.05, 0) is 48.5 Å². The lowest BCUT2D eigenvalue weighted by Crippen LogP contribution is -2.54. The first-order valence-electron chi connectivity index (χ1n) is 10.7. The molecule has 0 spiro atoms.